The third-order valence-electron chi connectivity index (χ3n) is 6.03. The van der Waals surface area contributed by atoms with Gasteiger partial charge in [-0.2, -0.15) is 4.98 Å². The van der Waals surface area contributed by atoms with Gasteiger partial charge in [-0.05, 0) is 55.5 Å². The van der Waals surface area contributed by atoms with Crippen molar-refractivity contribution in [2.24, 2.45) is 5.92 Å². The van der Waals surface area contributed by atoms with E-state index >= 15 is 0 Å². The van der Waals surface area contributed by atoms with Crippen LogP contribution in [0, 0.1) is 12.8 Å². The van der Waals surface area contributed by atoms with Gasteiger partial charge in [0.1, 0.15) is 5.75 Å². The van der Waals surface area contributed by atoms with Gasteiger partial charge in [-0.3, -0.25) is 9.59 Å². The number of hydrogen-bond donors (Lipinski definition) is 1. The Hall–Kier alpha value is -4.46. The number of aromatic nitrogens is 2. The van der Waals surface area contributed by atoms with Crippen LogP contribution < -0.4 is 15.0 Å². The predicted octanol–water partition coefficient (Wildman–Crippen LogP) is 4.71. The van der Waals surface area contributed by atoms with E-state index in [4.69, 9.17) is 9.26 Å². The van der Waals surface area contributed by atoms with E-state index in [1.807, 2.05) is 67.6 Å². The van der Waals surface area contributed by atoms with Crippen molar-refractivity contribution < 1.29 is 18.8 Å². The molecule has 4 aromatic rings. The number of anilines is 2. The lowest BCUT2D eigenvalue weighted by molar-refractivity contribution is -0.122. The van der Waals surface area contributed by atoms with Gasteiger partial charge >= 0.3 is 0 Å². The number of methoxy groups -OCH3 is 1. The zero-order valence-electron chi connectivity index (χ0n) is 19.4. The van der Waals surface area contributed by atoms with Gasteiger partial charge in [-0.15, -0.1) is 0 Å². The summed E-state index contributed by atoms with van der Waals surface area (Å²) in [5.41, 5.74) is 3.84. The molecule has 1 atom stereocenters. The second-order valence-electron chi connectivity index (χ2n) is 8.43. The maximum atomic E-state index is 13.1. The smallest absolute Gasteiger partial charge is 0.260 e. The van der Waals surface area contributed by atoms with Crippen LogP contribution in [-0.2, 0) is 9.59 Å². The molecule has 1 aliphatic heterocycles. The van der Waals surface area contributed by atoms with Gasteiger partial charge in [0.15, 0.2) is 0 Å². The van der Waals surface area contributed by atoms with Crippen LogP contribution in [0.2, 0.25) is 0 Å². The number of benzene rings is 3. The highest BCUT2D eigenvalue weighted by atomic mass is 16.5. The number of nitrogens with zero attached hydrogens (tertiary/aromatic N) is 3. The average Bonchev–Trinajstić information content (AvgIpc) is 3.52. The molecular weight excluding hydrogens is 444 g/mol. The van der Waals surface area contributed by atoms with Crippen molar-refractivity contribution in [1.29, 1.82) is 0 Å². The molecule has 2 amide bonds. The Morgan fingerprint density at radius 1 is 1.06 bits per heavy atom. The third-order valence-corrected chi connectivity index (χ3v) is 6.03. The SMILES string of the molecule is COc1ccc(-c2noc(-c3ccccc3NC(=O)[C@@H]3CC(=O)N(c4ccc(C)cc4)C3)n2)cc1. The van der Waals surface area contributed by atoms with Crippen molar-refractivity contribution in [2.45, 2.75) is 13.3 Å². The molecule has 176 valence electrons. The molecule has 1 aromatic heterocycles. The topological polar surface area (TPSA) is 97.6 Å². The van der Waals surface area contributed by atoms with E-state index in [0.29, 0.717) is 23.6 Å². The molecule has 1 fully saturated rings. The summed E-state index contributed by atoms with van der Waals surface area (Å²) >= 11 is 0. The number of hydrogen-bond acceptors (Lipinski definition) is 6. The molecule has 0 unspecified atom stereocenters. The third kappa shape index (κ3) is 4.63. The molecule has 1 saturated heterocycles. The van der Waals surface area contributed by atoms with Gasteiger partial charge < -0.3 is 19.5 Å². The molecule has 5 rings (SSSR count). The highest BCUT2D eigenvalue weighted by molar-refractivity contribution is 6.04. The second-order valence-corrected chi connectivity index (χ2v) is 8.43. The van der Waals surface area contributed by atoms with Crippen LogP contribution in [0.15, 0.2) is 77.3 Å². The Kier molecular flexibility index (Phi) is 6.01. The maximum absolute atomic E-state index is 13.1. The van der Waals surface area contributed by atoms with Crippen molar-refractivity contribution in [3.63, 3.8) is 0 Å². The van der Waals surface area contributed by atoms with Crippen LogP contribution in [0.4, 0.5) is 11.4 Å². The highest BCUT2D eigenvalue weighted by Crippen LogP contribution is 2.31. The Morgan fingerprint density at radius 2 is 1.80 bits per heavy atom. The van der Waals surface area contributed by atoms with Crippen molar-refractivity contribution >= 4 is 23.2 Å². The first-order valence-corrected chi connectivity index (χ1v) is 11.3. The van der Waals surface area contributed by atoms with Crippen molar-refractivity contribution in [3.8, 4) is 28.6 Å². The molecule has 1 aliphatic rings. The minimum absolute atomic E-state index is 0.0664. The van der Waals surface area contributed by atoms with Crippen LogP contribution in [0.5, 0.6) is 5.75 Å². The number of carbonyl (C=O) groups excluding carboxylic acids is 2. The van der Waals surface area contributed by atoms with E-state index in [0.717, 1.165) is 22.6 Å². The minimum Gasteiger partial charge on any atom is -0.497 e. The summed E-state index contributed by atoms with van der Waals surface area (Å²) in [6.07, 6.45) is 0.157. The fourth-order valence-electron chi connectivity index (χ4n) is 4.06. The predicted molar refractivity (Wildman–Crippen MR) is 132 cm³/mol. The van der Waals surface area contributed by atoms with Crippen LogP contribution in [0.1, 0.15) is 12.0 Å². The van der Waals surface area contributed by atoms with E-state index in [2.05, 4.69) is 15.5 Å². The minimum atomic E-state index is -0.464. The van der Waals surface area contributed by atoms with Crippen molar-refractivity contribution in [2.75, 3.05) is 23.9 Å². The molecule has 2 heterocycles. The molecule has 0 aliphatic carbocycles. The van der Waals surface area contributed by atoms with E-state index < -0.39 is 5.92 Å². The monoisotopic (exact) mass is 468 g/mol. The van der Waals surface area contributed by atoms with Crippen molar-refractivity contribution in [3.05, 3.63) is 78.4 Å². The van der Waals surface area contributed by atoms with E-state index in [1.54, 1.807) is 24.1 Å². The Bertz CT molecular complexity index is 1360. The number of nitrogens with one attached hydrogen (secondary N) is 1. The molecule has 35 heavy (non-hydrogen) atoms. The lowest BCUT2D eigenvalue weighted by Crippen LogP contribution is -2.28. The number of carbonyl (C=O) groups is 2. The molecule has 8 nitrogen and oxygen atoms in total. The number of para-hydroxylation sites is 1. The first-order chi connectivity index (χ1) is 17.0. The molecule has 0 radical (unpaired) electrons. The van der Waals surface area contributed by atoms with Gasteiger partial charge in [-0.25, -0.2) is 0 Å². The van der Waals surface area contributed by atoms with Gasteiger partial charge in [0.25, 0.3) is 5.89 Å². The lowest BCUT2D eigenvalue weighted by atomic mass is 10.1. The molecule has 8 heteroatoms. The Labute approximate surface area is 202 Å². The van der Waals surface area contributed by atoms with E-state index in [-0.39, 0.29) is 24.1 Å². The van der Waals surface area contributed by atoms with Crippen LogP contribution >= 0.6 is 0 Å². The van der Waals surface area contributed by atoms with Gasteiger partial charge in [0.05, 0.1) is 24.3 Å². The van der Waals surface area contributed by atoms with E-state index in [1.165, 1.54) is 0 Å². The summed E-state index contributed by atoms with van der Waals surface area (Å²) in [4.78, 5) is 31.9. The summed E-state index contributed by atoms with van der Waals surface area (Å²) in [6.45, 7) is 2.32. The Balaban J connectivity index is 1.32. The molecule has 3 aromatic carbocycles. The normalized spacial score (nSPS) is 15.3. The summed E-state index contributed by atoms with van der Waals surface area (Å²) in [5.74, 6) is 0.694. The Morgan fingerprint density at radius 3 is 2.54 bits per heavy atom. The largest absolute Gasteiger partial charge is 0.497 e. The molecule has 0 bridgehead atoms. The van der Waals surface area contributed by atoms with Gasteiger partial charge in [0.2, 0.25) is 17.6 Å². The van der Waals surface area contributed by atoms with Gasteiger partial charge in [0, 0.05) is 24.2 Å². The molecule has 0 spiro atoms. The van der Waals surface area contributed by atoms with Crippen LogP contribution in [-0.4, -0.2) is 35.6 Å². The first-order valence-electron chi connectivity index (χ1n) is 11.3. The zero-order chi connectivity index (χ0) is 24.4. The molecule has 1 N–H and O–H groups in total. The number of amides is 2. The molecular formula is C27H24N4O4. The van der Waals surface area contributed by atoms with E-state index in [9.17, 15) is 9.59 Å². The quantitative estimate of drug-likeness (QED) is 0.440. The highest BCUT2D eigenvalue weighted by Gasteiger charge is 2.35. The average molecular weight is 469 g/mol. The van der Waals surface area contributed by atoms with Gasteiger partial charge in [-0.1, -0.05) is 35.0 Å². The lowest BCUT2D eigenvalue weighted by Gasteiger charge is -2.17. The summed E-state index contributed by atoms with van der Waals surface area (Å²) in [6, 6.07) is 22.3. The van der Waals surface area contributed by atoms with Crippen LogP contribution in [0.25, 0.3) is 22.8 Å². The van der Waals surface area contributed by atoms with Crippen molar-refractivity contribution in [1.82, 2.24) is 10.1 Å². The standard InChI is InChI=1S/C27H24N4O4/c1-17-7-11-20(12-8-17)31-16-19(15-24(31)32)26(33)28-23-6-4-3-5-22(23)27-29-25(30-35-27)18-9-13-21(34-2)14-10-18/h3-14,19H,15-16H2,1-2H3,(H,28,33)/t19-/m1/s1. The number of rotatable bonds is 6. The fraction of sp³-hybridized carbons (Fsp3) is 0.185. The zero-order valence-corrected chi connectivity index (χ0v) is 19.4. The van der Waals surface area contributed by atoms with Crippen LogP contribution in [0.3, 0.4) is 0 Å². The maximum Gasteiger partial charge on any atom is 0.260 e. The first kappa shape index (κ1) is 22.3. The summed E-state index contributed by atoms with van der Waals surface area (Å²) in [7, 11) is 1.61. The number of ether oxygens (including phenoxy) is 1. The summed E-state index contributed by atoms with van der Waals surface area (Å²) < 4.78 is 10.7. The second kappa shape index (κ2) is 9.42. The number of aryl methyl sites for hydroxylation is 1. The molecule has 0 saturated carbocycles. The summed E-state index contributed by atoms with van der Waals surface area (Å²) in [5, 5.41) is 7.04. The fourth-order valence-corrected chi connectivity index (χ4v) is 4.06.